The normalized spacial score (nSPS) is 13.6. The first-order valence-corrected chi connectivity index (χ1v) is 6.06. The van der Waals surface area contributed by atoms with E-state index in [9.17, 15) is 13.2 Å². The number of rotatable bonds is 6. The van der Waals surface area contributed by atoms with E-state index in [4.69, 9.17) is 10.2 Å². The van der Waals surface area contributed by atoms with Crippen molar-refractivity contribution in [1.29, 1.82) is 0 Å². The maximum absolute atomic E-state index is 12.1. The molecule has 0 aliphatic carbocycles. The van der Waals surface area contributed by atoms with Crippen molar-refractivity contribution >= 4 is 11.8 Å². The first kappa shape index (κ1) is 15.3. The van der Waals surface area contributed by atoms with Gasteiger partial charge in [-0.1, -0.05) is 12.1 Å². The summed E-state index contributed by atoms with van der Waals surface area (Å²) in [7, 11) is 0. The van der Waals surface area contributed by atoms with Gasteiger partial charge >= 0.3 is 5.51 Å². The third-order valence-electron chi connectivity index (χ3n) is 2.08. The number of thioether (sulfide) groups is 1. The van der Waals surface area contributed by atoms with E-state index in [1.54, 1.807) is 12.1 Å². The summed E-state index contributed by atoms with van der Waals surface area (Å²) >= 11 is -0.152. The van der Waals surface area contributed by atoms with Crippen LogP contribution in [-0.2, 0) is 6.54 Å². The van der Waals surface area contributed by atoms with Gasteiger partial charge < -0.3 is 15.5 Å². The highest BCUT2D eigenvalue weighted by Gasteiger charge is 2.28. The number of nitrogens with one attached hydrogen (secondary N) is 1. The van der Waals surface area contributed by atoms with Crippen molar-refractivity contribution in [3.8, 4) is 0 Å². The second-order valence-electron chi connectivity index (χ2n) is 3.66. The molecule has 0 saturated carbocycles. The minimum atomic E-state index is -4.27. The Balaban J connectivity index is 2.41. The molecule has 102 valence electrons. The molecule has 1 atom stereocenters. The standard InChI is InChI=1S/C11H14F3NO2S/c12-11(13,14)18-10-3-1-8(2-4-10)5-15-6-9(17)7-16/h1-4,9,15-17H,5-7H2/t9-/m1/s1. The molecule has 3 nitrogen and oxygen atoms in total. The smallest absolute Gasteiger partial charge is 0.394 e. The molecule has 0 heterocycles. The van der Waals surface area contributed by atoms with Crippen molar-refractivity contribution in [2.75, 3.05) is 13.2 Å². The Hall–Kier alpha value is -0.760. The van der Waals surface area contributed by atoms with Crippen LogP contribution < -0.4 is 5.32 Å². The van der Waals surface area contributed by atoms with Crippen LogP contribution in [0.1, 0.15) is 5.56 Å². The van der Waals surface area contributed by atoms with Gasteiger partial charge in [0, 0.05) is 18.0 Å². The Bertz CT molecular complexity index is 356. The number of alkyl halides is 3. The van der Waals surface area contributed by atoms with Gasteiger partial charge in [-0.3, -0.25) is 0 Å². The zero-order valence-electron chi connectivity index (χ0n) is 9.44. The maximum atomic E-state index is 12.1. The summed E-state index contributed by atoms with van der Waals surface area (Å²) in [6, 6.07) is 5.98. The highest BCUT2D eigenvalue weighted by atomic mass is 32.2. The molecule has 0 spiro atoms. The summed E-state index contributed by atoms with van der Waals surface area (Å²) in [5.74, 6) is 0. The zero-order valence-corrected chi connectivity index (χ0v) is 10.3. The van der Waals surface area contributed by atoms with Crippen molar-refractivity contribution in [2.24, 2.45) is 0 Å². The highest BCUT2D eigenvalue weighted by molar-refractivity contribution is 8.00. The van der Waals surface area contributed by atoms with E-state index >= 15 is 0 Å². The van der Waals surface area contributed by atoms with E-state index in [-0.39, 0.29) is 29.8 Å². The van der Waals surface area contributed by atoms with Crippen molar-refractivity contribution in [1.82, 2.24) is 5.32 Å². The molecule has 0 aromatic heterocycles. The average molecular weight is 281 g/mol. The molecule has 1 aromatic rings. The maximum Gasteiger partial charge on any atom is 0.446 e. The summed E-state index contributed by atoms with van der Waals surface area (Å²) < 4.78 is 36.2. The van der Waals surface area contributed by atoms with Crippen LogP contribution in [0.15, 0.2) is 29.2 Å². The van der Waals surface area contributed by atoms with Crippen LogP contribution in [-0.4, -0.2) is 35.0 Å². The van der Waals surface area contributed by atoms with Crippen LogP contribution in [0.3, 0.4) is 0 Å². The van der Waals surface area contributed by atoms with Gasteiger partial charge in [0.2, 0.25) is 0 Å². The van der Waals surface area contributed by atoms with Gasteiger partial charge in [0.25, 0.3) is 0 Å². The Kier molecular flexibility index (Phi) is 5.94. The summed E-state index contributed by atoms with van der Waals surface area (Å²) in [6.07, 6.45) is -0.829. The van der Waals surface area contributed by atoms with E-state index in [1.807, 2.05) is 0 Å². The predicted molar refractivity (Wildman–Crippen MR) is 63.2 cm³/mol. The Morgan fingerprint density at radius 3 is 2.33 bits per heavy atom. The largest absolute Gasteiger partial charge is 0.446 e. The molecule has 0 amide bonds. The molecule has 0 aliphatic heterocycles. The molecule has 1 aromatic carbocycles. The lowest BCUT2D eigenvalue weighted by atomic mass is 10.2. The summed E-state index contributed by atoms with van der Waals surface area (Å²) in [5, 5.41) is 20.5. The van der Waals surface area contributed by atoms with Crippen LogP contribution in [0.5, 0.6) is 0 Å². The SMILES string of the molecule is OC[C@H](O)CNCc1ccc(SC(F)(F)F)cc1. The molecular formula is C11H14F3NO2S. The minimum absolute atomic E-state index is 0.140. The van der Waals surface area contributed by atoms with Crippen LogP contribution in [0.4, 0.5) is 13.2 Å². The summed E-state index contributed by atoms with van der Waals surface area (Å²) in [5.41, 5.74) is -3.46. The second kappa shape index (κ2) is 6.98. The number of benzene rings is 1. The van der Waals surface area contributed by atoms with Gasteiger partial charge in [-0.2, -0.15) is 13.2 Å². The van der Waals surface area contributed by atoms with Crippen LogP contribution in [0.25, 0.3) is 0 Å². The first-order chi connectivity index (χ1) is 8.40. The minimum Gasteiger partial charge on any atom is -0.394 e. The monoisotopic (exact) mass is 281 g/mol. The van der Waals surface area contributed by atoms with Crippen LogP contribution >= 0.6 is 11.8 Å². The zero-order chi connectivity index (χ0) is 13.6. The fraction of sp³-hybridized carbons (Fsp3) is 0.455. The number of aliphatic hydroxyl groups is 2. The Morgan fingerprint density at radius 2 is 1.83 bits per heavy atom. The molecule has 0 saturated heterocycles. The number of hydrogen-bond donors (Lipinski definition) is 3. The van der Waals surface area contributed by atoms with E-state index < -0.39 is 11.6 Å². The summed E-state index contributed by atoms with van der Waals surface area (Å²) in [4.78, 5) is 0.140. The highest BCUT2D eigenvalue weighted by Crippen LogP contribution is 2.36. The van der Waals surface area contributed by atoms with Crippen LogP contribution in [0.2, 0.25) is 0 Å². The third-order valence-corrected chi connectivity index (χ3v) is 2.82. The quantitative estimate of drug-likeness (QED) is 0.695. The molecule has 7 heteroatoms. The number of aliphatic hydroxyl groups excluding tert-OH is 2. The lowest BCUT2D eigenvalue weighted by molar-refractivity contribution is -0.0328. The molecular weight excluding hydrogens is 267 g/mol. The molecule has 0 aliphatic rings. The lowest BCUT2D eigenvalue weighted by Gasteiger charge is -2.09. The van der Waals surface area contributed by atoms with Crippen molar-refractivity contribution in [3.05, 3.63) is 29.8 Å². The van der Waals surface area contributed by atoms with Gasteiger partial charge in [0.1, 0.15) is 0 Å². The molecule has 18 heavy (non-hydrogen) atoms. The Morgan fingerprint density at radius 1 is 1.22 bits per heavy atom. The predicted octanol–water partition coefficient (Wildman–Crippen LogP) is 1.74. The molecule has 0 fully saturated rings. The molecule has 3 N–H and O–H groups in total. The van der Waals surface area contributed by atoms with Crippen molar-refractivity contribution in [2.45, 2.75) is 23.1 Å². The van der Waals surface area contributed by atoms with Crippen molar-refractivity contribution in [3.63, 3.8) is 0 Å². The van der Waals surface area contributed by atoms with Gasteiger partial charge in [-0.25, -0.2) is 0 Å². The molecule has 1 rings (SSSR count). The van der Waals surface area contributed by atoms with E-state index in [1.165, 1.54) is 12.1 Å². The number of hydrogen-bond acceptors (Lipinski definition) is 4. The molecule has 0 radical (unpaired) electrons. The first-order valence-electron chi connectivity index (χ1n) is 5.25. The second-order valence-corrected chi connectivity index (χ2v) is 4.80. The lowest BCUT2D eigenvalue weighted by Crippen LogP contribution is -2.28. The average Bonchev–Trinajstić information content (AvgIpc) is 2.29. The van der Waals surface area contributed by atoms with Gasteiger partial charge in [0.15, 0.2) is 0 Å². The topological polar surface area (TPSA) is 52.5 Å². The fourth-order valence-electron chi connectivity index (χ4n) is 1.26. The molecule has 0 unspecified atom stereocenters. The van der Waals surface area contributed by atoms with Gasteiger partial charge in [-0.15, -0.1) is 0 Å². The van der Waals surface area contributed by atoms with E-state index in [0.717, 1.165) is 5.56 Å². The number of halogens is 3. The van der Waals surface area contributed by atoms with Gasteiger partial charge in [0.05, 0.1) is 12.7 Å². The van der Waals surface area contributed by atoms with Gasteiger partial charge in [-0.05, 0) is 29.5 Å². The molecule has 0 bridgehead atoms. The summed E-state index contributed by atoms with van der Waals surface area (Å²) in [6.45, 7) is 0.331. The van der Waals surface area contributed by atoms with Crippen molar-refractivity contribution < 1.29 is 23.4 Å². The van der Waals surface area contributed by atoms with E-state index in [2.05, 4.69) is 5.32 Å². The van der Waals surface area contributed by atoms with E-state index in [0.29, 0.717) is 6.54 Å². The fourth-order valence-corrected chi connectivity index (χ4v) is 1.80. The van der Waals surface area contributed by atoms with Crippen LogP contribution in [0, 0.1) is 0 Å². The third kappa shape index (κ3) is 6.25. The Labute approximate surface area is 107 Å².